The van der Waals surface area contributed by atoms with E-state index in [2.05, 4.69) is 13.8 Å². The van der Waals surface area contributed by atoms with Crippen LogP contribution in [0.25, 0.3) is 0 Å². The second-order valence-corrected chi connectivity index (χ2v) is 8.41. The third-order valence-corrected chi connectivity index (χ3v) is 6.04. The van der Waals surface area contributed by atoms with Crippen LogP contribution in [0.3, 0.4) is 0 Å². The molecule has 0 bridgehead atoms. The van der Waals surface area contributed by atoms with Crippen molar-refractivity contribution >= 4 is 24.3 Å². The minimum atomic E-state index is -0.0459. The topological polar surface area (TPSA) is 69.9 Å². The van der Waals surface area contributed by atoms with Crippen molar-refractivity contribution in [3.63, 3.8) is 0 Å². The van der Waals surface area contributed by atoms with Crippen LogP contribution < -0.4 is 5.73 Å². The summed E-state index contributed by atoms with van der Waals surface area (Å²) in [7, 11) is 0. The Bertz CT molecular complexity index is 493. The average Bonchev–Trinajstić information content (AvgIpc) is 3.10. The van der Waals surface area contributed by atoms with Crippen LogP contribution in [0.1, 0.15) is 46.0 Å². The molecule has 25 heavy (non-hydrogen) atoms. The van der Waals surface area contributed by atoms with Gasteiger partial charge in [0.2, 0.25) is 5.91 Å². The fourth-order valence-electron chi connectivity index (χ4n) is 4.28. The number of nitrogens with zero attached hydrogens (tertiary/aromatic N) is 3. The highest BCUT2D eigenvalue weighted by Gasteiger charge is 2.39. The smallest absolute Gasteiger partial charge is 0.320 e. The van der Waals surface area contributed by atoms with Gasteiger partial charge < -0.3 is 20.4 Å². The number of carbonyl (C=O) groups is 2. The highest BCUT2D eigenvalue weighted by molar-refractivity contribution is 5.85. The minimum Gasteiger partial charge on any atom is -0.342 e. The van der Waals surface area contributed by atoms with Gasteiger partial charge in [0.1, 0.15) is 0 Å². The normalized spacial score (nSPS) is 29.3. The van der Waals surface area contributed by atoms with Crippen molar-refractivity contribution < 1.29 is 9.59 Å². The Kier molecular flexibility index (Phi) is 6.60. The molecule has 7 heteroatoms. The standard InChI is InChI=1S/C18H32N4O2.ClH/c1-18(2)13-22(11-7-15(18)19)16(23)14-6-5-10-21(12-14)17(24)20-8-3-4-9-20;/h14-15H,3-13,19H2,1-2H3;1H. The molecule has 0 aromatic carbocycles. The number of likely N-dealkylation sites (tertiary alicyclic amines) is 3. The molecule has 3 rings (SSSR count). The van der Waals surface area contributed by atoms with Crippen LogP contribution in [0, 0.1) is 11.3 Å². The van der Waals surface area contributed by atoms with Gasteiger partial charge in [-0.3, -0.25) is 4.79 Å². The van der Waals surface area contributed by atoms with E-state index < -0.39 is 0 Å². The number of hydrogen-bond acceptors (Lipinski definition) is 3. The molecule has 2 unspecified atom stereocenters. The van der Waals surface area contributed by atoms with Gasteiger partial charge in [-0.05, 0) is 37.5 Å². The van der Waals surface area contributed by atoms with Gasteiger partial charge >= 0.3 is 6.03 Å². The van der Waals surface area contributed by atoms with Crippen molar-refractivity contribution in [2.45, 2.75) is 52.0 Å². The lowest BCUT2D eigenvalue weighted by atomic mass is 9.79. The van der Waals surface area contributed by atoms with E-state index in [1.54, 1.807) is 0 Å². The first kappa shape index (κ1) is 20.3. The molecular formula is C18H33ClN4O2. The fourth-order valence-corrected chi connectivity index (χ4v) is 4.28. The molecule has 3 heterocycles. The Morgan fingerprint density at radius 2 is 1.56 bits per heavy atom. The molecule has 3 fully saturated rings. The summed E-state index contributed by atoms with van der Waals surface area (Å²) in [6.45, 7) is 8.86. The highest BCUT2D eigenvalue weighted by Crippen LogP contribution is 2.30. The van der Waals surface area contributed by atoms with Crippen molar-refractivity contribution in [3.05, 3.63) is 0 Å². The molecule has 0 aliphatic carbocycles. The zero-order chi connectivity index (χ0) is 17.3. The quantitative estimate of drug-likeness (QED) is 0.764. The number of amides is 3. The van der Waals surface area contributed by atoms with Gasteiger partial charge in [0.15, 0.2) is 0 Å². The van der Waals surface area contributed by atoms with E-state index in [-0.39, 0.29) is 41.7 Å². The second-order valence-electron chi connectivity index (χ2n) is 8.41. The SMILES string of the molecule is CC1(C)CN(C(=O)C2CCCN(C(=O)N3CCCC3)C2)CCC1N.Cl. The van der Waals surface area contributed by atoms with Gasteiger partial charge in [-0.1, -0.05) is 13.8 Å². The molecule has 0 aromatic rings. The molecule has 3 aliphatic rings. The zero-order valence-corrected chi connectivity index (χ0v) is 16.4. The van der Waals surface area contributed by atoms with Crippen LogP contribution in [0.15, 0.2) is 0 Å². The Hall–Kier alpha value is -1.01. The lowest BCUT2D eigenvalue weighted by Gasteiger charge is -2.44. The third kappa shape index (κ3) is 4.40. The van der Waals surface area contributed by atoms with E-state index >= 15 is 0 Å². The summed E-state index contributed by atoms with van der Waals surface area (Å²) in [6, 6.07) is 0.284. The molecule has 0 spiro atoms. The molecule has 3 saturated heterocycles. The first-order valence-electron chi connectivity index (χ1n) is 9.47. The summed E-state index contributed by atoms with van der Waals surface area (Å²) in [5, 5.41) is 0. The van der Waals surface area contributed by atoms with Crippen LogP contribution in [0.5, 0.6) is 0 Å². The summed E-state index contributed by atoms with van der Waals surface area (Å²) in [6.07, 6.45) is 4.89. The van der Waals surface area contributed by atoms with E-state index in [0.717, 1.165) is 64.8 Å². The predicted octanol–water partition coefficient (Wildman–Crippen LogP) is 1.92. The van der Waals surface area contributed by atoms with E-state index in [1.807, 2.05) is 14.7 Å². The summed E-state index contributed by atoms with van der Waals surface area (Å²) < 4.78 is 0. The summed E-state index contributed by atoms with van der Waals surface area (Å²) in [5.74, 6) is 0.171. The van der Waals surface area contributed by atoms with Crippen LogP contribution in [0.4, 0.5) is 4.79 Å². The van der Waals surface area contributed by atoms with E-state index in [0.29, 0.717) is 6.54 Å². The van der Waals surface area contributed by atoms with E-state index in [1.165, 1.54) is 0 Å². The van der Waals surface area contributed by atoms with Gasteiger partial charge in [0, 0.05) is 45.3 Å². The fraction of sp³-hybridized carbons (Fsp3) is 0.889. The van der Waals surface area contributed by atoms with Crippen molar-refractivity contribution in [2.75, 3.05) is 39.3 Å². The van der Waals surface area contributed by atoms with Gasteiger partial charge in [0.25, 0.3) is 0 Å². The minimum absolute atomic E-state index is 0. The molecule has 0 aromatic heterocycles. The van der Waals surface area contributed by atoms with Crippen molar-refractivity contribution in [3.8, 4) is 0 Å². The largest absolute Gasteiger partial charge is 0.342 e. The first-order chi connectivity index (χ1) is 11.4. The number of nitrogens with two attached hydrogens (primary N) is 1. The Balaban J connectivity index is 0.00000225. The summed E-state index contributed by atoms with van der Waals surface area (Å²) in [5.41, 5.74) is 6.15. The molecule has 6 nitrogen and oxygen atoms in total. The zero-order valence-electron chi connectivity index (χ0n) is 15.6. The number of piperidine rings is 2. The monoisotopic (exact) mass is 372 g/mol. The number of halogens is 1. The van der Waals surface area contributed by atoms with Crippen LogP contribution in [0.2, 0.25) is 0 Å². The Morgan fingerprint density at radius 1 is 0.920 bits per heavy atom. The molecule has 2 N–H and O–H groups in total. The Labute approximate surface area is 157 Å². The summed E-state index contributed by atoms with van der Waals surface area (Å²) in [4.78, 5) is 31.4. The second kappa shape index (κ2) is 8.12. The number of hydrogen-bond donors (Lipinski definition) is 1. The maximum absolute atomic E-state index is 13.0. The van der Waals surface area contributed by atoms with Crippen LogP contribution >= 0.6 is 12.4 Å². The molecule has 144 valence electrons. The molecule has 0 radical (unpaired) electrons. The Morgan fingerprint density at radius 3 is 2.20 bits per heavy atom. The van der Waals surface area contributed by atoms with Gasteiger partial charge in [-0.25, -0.2) is 4.79 Å². The first-order valence-corrected chi connectivity index (χ1v) is 9.47. The van der Waals surface area contributed by atoms with Crippen molar-refractivity contribution in [1.29, 1.82) is 0 Å². The maximum Gasteiger partial charge on any atom is 0.320 e. The van der Waals surface area contributed by atoms with Gasteiger partial charge in [-0.2, -0.15) is 0 Å². The predicted molar refractivity (Wildman–Crippen MR) is 101 cm³/mol. The number of carbonyl (C=O) groups excluding carboxylic acids is 2. The van der Waals surface area contributed by atoms with Crippen molar-refractivity contribution in [1.82, 2.24) is 14.7 Å². The van der Waals surface area contributed by atoms with Crippen LogP contribution in [-0.2, 0) is 4.79 Å². The molecule has 3 amide bonds. The summed E-state index contributed by atoms with van der Waals surface area (Å²) >= 11 is 0. The molecule has 0 saturated carbocycles. The lowest BCUT2D eigenvalue weighted by molar-refractivity contribution is -0.140. The lowest BCUT2D eigenvalue weighted by Crippen LogP contribution is -2.57. The average molecular weight is 373 g/mol. The van der Waals surface area contributed by atoms with Gasteiger partial charge in [0.05, 0.1) is 5.92 Å². The number of urea groups is 1. The number of rotatable bonds is 1. The highest BCUT2D eigenvalue weighted by atomic mass is 35.5. The molecule has 2 atom stereocenters. The molecular weight excluding hydrogens is 340 g/mol. The van der Waals surface area contributed by atoms with Gasteiger partial charge in [-0.15, -0.1) is 12.4 Å². The molecule has 3 aliphatic heterocycles. The van der Waals surface area contributed by atoms with E-state index in [4.69, 9.17) is 5.73 Å². The third-order valence-electron chi connectivity index (χ3n) is 6.04. The van der Waals surface area contributed by atoms with E-state index in [9.17, 15) is 9.59 Å². The maximum atomic E-state index is 13.0. The van der Waals surface area contributed by atoms with Crippen molar-refractivity contribution in [2.24, 2.45) is 17.1 Å². The van der Waals surface area contributed by atoms with Crippen LogP contribution in [-0.4, -0.2) is 71.9 Å².